The smallest absolute Gasteiger partial charge is 0.338 e. The Balaban J connectivity index is 1.81. The van der Waals surface area contributed by atoms with Gasteiger partial charge in [-0.2, -0.15) is 4.31 Å². The molecule has 0 unspecified atom stereocenters. The minimum Gasteiger partial charge on any atom is -0.457 e. The summed E-state index contributed by atoms with van der Waals surface area (Å²) in [5, 5.41) is 0.138. The number of benzene rings is 2. The average molecular weight is 493 g/mol. The van der Waals surface area contributed by atoms with Crippen LogP contribution in [0.15, 0.2) is 45.8 Å². The van der Waals surface area contributed by atoms with E-state index in [1.807, 2.05) is 0 Å². The predicted octanol–water partition coefficient (Wildman–Crippen LogP) is 3.62. The lowest BCUT2D eigenvalue weighted by molar-refractivity contribution is 0.0468. The maximum absolute atomic E-state index is 13.8. The fourth-order valence-corrected chi connectivity index (χ4v) is 5.22. The van der Waals surface area contributed by atoms with E-state index >= 15 is 0 Å². The van der Waals surface area contributed by atoms with Crippen LogP contribution in [0.25, 0.3) is 0 Å². The zero-order chi connectivity index (χ0) is 20.3. The maximum Gasteiger partial charge on any atom is 0.338 e. The van der Waals surface area contributed by atoms with E-state index in [9.17, 15) is 17.6 Å². The van der Waals surface area contributed by atoms with Crippen molar-refractivity contribution in [2.75, 3.05) is 26.3 Å². The summed E-state index contributed by atoms with van der Waals surface area (Å²) in [6.45, 7) is 0.709. The van der Waals surface area contributed by atoms with E-state index in [4.69, 9.17) is 21.1 Å². The van der Waals surface area contributed by atoms with Gasteiger partial charge in [-0.05, 0) is 46.3 Å². The van der Waals surface area contributed by atoms with Crippen molar-refractivity contribution in [1.82, 2.24) is 4.31 Å². The summed E-state index contributed by atoms with van der Waals surface area (Å²) in [4.78, 5) is 12.3. The molecule has 1 saturated heterocycles. The number of halogens is 3. The summed E-state index contributed by atoms with van der Waals surface area (Å²) in [5.41, 5.74) is 0.0817. The third-order valence-corrected chi connectivity index (χ3v) is 7.41. The van der Waals surface area contributed by atoms with E-state index in [2.05, 4.69) is 15.9 Å². The summed E-state index contributed by atoms with van der Waals surface area (Å²) in [5.74, 6) is -1.38. The average Bonchev–Trinajstić information content (AvgIpc) is 2.68. The van der Waals surface area contributed by atoms with Crippen molar-refractivity contribution < 1.29 is 27.1 Å². The molecule has 2 aromatic carbocycles. The van der Waals surface area contributed by atoms with Gasteiger partial charge in [-0.25, -0.2) is 17.6 Å². The van der Waals surface area contributed by atoms with E-state index in [1.165, 1.54) is 40.7 Å². The fraction of sp³-hybridized carbons (Fsp3) is 0.278. The van der Waals surface area contributed by atoms with Crippen molar-refractivity contribution in [3.63, 3.8) is 0 Å². The molecule has 6 nitrogen and oxygen atoms in total. The zero-order valence-electron chi connectivity index (χ0n) is 14.5. The lowest BCUT2D eigenvalue weighted by Crippen LogP contribution is -2.40. The number of esters is 1. The summed E-state index contributed by atoms with van der Waals surface area (Å²) in [7, 11) is -3.81. The number of hydrogen-bond acceptors (Lipinski definition) is 5. The number of carbonyl (C=O) groups is 1. The van der Waals surface area contributed by atoms with Crippen molar-refractivity contribution in [3.8, 4) is 0 Å². The van der Waals surface area contributed by atoms with Gasteiger partial charge in [-0.1, -0.05) is 17.7 Å². The Kier molecular flexibility index (Phi) is 6.72. The molecular weight excluding hydrogens is 477 g/mol. The number of morpholine rings is 1. The van der Waals surface area contributed by atoms with Gasteiger partial charge in [0.05, 0.1) is 28.7 Å². The normalized spacial score (nSPS) is 15.4. The van der Waals surface area contributed by atoms with E-state index < -0.39 is 21.8 Å². The third-order valence-electron chi connectivity index (χ3n) is 4.16. The summed E-state index contributed by atoms with van der Waals surface area (Å²) < 4.78 is 51.5. The van der Waals surface area contributed by atoms with Gasteiger partial charge in [0.2, 0.25) is 10.0 Å². The minimum atomic E-state index is -3.81. The van der Waals surface area contributed by atoms with E-state index in [0.717, 1.165) is 0 Å². The molecule has 2 aromatic rings. The fourth-order valence-electron chi connectivity index (χ4n) is 2.65. The molecule has 1 heterocycles. The second-order valence-corrected chi connectivity index (χ2v) is 9.11. The van der Waals surface area contributed by atoms with E-state index in [-0.39, 0.29) is 40.7 Å². The van der Waals surface area contributed by atoms with E-state index in [0.29, 0.717) is 17.7 Å². The van der Waals surface area contributed by atoms with Crippen LogP contribution >= 0.6 is 27.5 Å². The topological polar surface area (TPSA) is 72.9 Å². The Morgan fingerprint density at radius 3 is 2.64 bits per heavy atom. The molecule has 0 saturated carbocycles. The molecular formula is C18H16BrClFNO5S. The SMILES string of the molecule is O=C(OCc1c(F)cccc1Cl)c1ccc(Br)c(S(=O)(=O)N2CCOCC2)c1. The van der Waals surface area contributed by atoms with Gasteiger partial charge in [-0.15, -0.1) is 0 Å². The minimum absolute atomic E-state index is 0.0301. The van der Waals surface area contributed by atoms with Crippen LogP contribution in [0.3, 0.4) is 0 Å². The molecule has 10 heteroatoms. The first-order valence-corrected chi connectivity index (χ1v) is 10.9. The summed E-state index contributed by atoms with van der Waals surface area (Å²) >= 11 is 9.14. The third kappa shape index (κ3) is 4.55. The van der Waals surface area contributed by atoms with Gasteiger partial charge in [0.1, 0.15) is 12.4 Å². The van der Waals surface area contributed by atoms with Crippen LogP contribution in [-0.2, 0) is 26.1 Å². The largest absolute Gasteiger partial charge is 0.457 e. The number of hydrogen-bond donors (Lipinski definition) is 0. The van der Waals surface area contributed by atoms with Gasteiger partial charge < -0.3 is 9.47 Å². The Bertz CT molecular complexity index is 975. The standard InChI is InChI=1S/C18H16BrClFNO5S/c19-14-5-4-12(10-17(14)28(24,25)22-6-8-26-9-7-22)18(23)27-11-13-15(20)2-1-3-16(13)21/h1-5,10H,6-9,11H2. The molecule has 28 heavy (non-hydrogen) atoms. The van der Waals surface area contributed by atoms with Gasteiger partial charge in [0.15, 0.2) is 0 Å². The Hall–Kier alpha value is -1.52. The summed E-state index contributed by atoms with van der Waals surface area (Å²) in [6, 6.07) is 8.26. The lowest BCUT2D eigenvalue weighted by Gasteiger charge is -2.26. The molecule has 150 valence electrons. The molecule has 0 amide bonds. The molecule has 0 N–H and O–H groups in total. The second kappa shape index (κ2) is 8.87. The van der Waals surface area contributed by atoms with E-state index in [1.54, 1.807) is 0 Å². The predicted molar refractivity (Wildman–Crippen MR) is 104 cm³/mol. The molecule has 0 spiro atoms. The van der Waals surface area contributed by atoms with Crippen LogP contribution in [0, 0.1) is 5.82 Å². The lowest BCUT2D eigenvalue weighted by atomic mass is 10.2. The van der Waals surface area contributed by atoms with Gasteiger partial charge in [0.25, 0.3) is 0 Å². The van der Waals surface area contributed by atoms with Crippen molar-refractivity contribution in [1.29, 1.82) is 0 Å². The van der Waals surface area contributed by atoms with Crippen LogP contribution in [0.2, 0.25) is 5.02 Å². The molecule has 1 fully saturated rings. The number of rotatable bonds is 5. The van der Waals surface area contributed by atoms with Crippen molar-refractivity contribution in [2.24, 2.45) is 0 Å². The number of carbonyl (C=O) groups excluding carboxylic acids is 1. The molecule has 1 aliphatic rings. The highest BCUT2D eigenvalue weighted by atomic mass is 79.9. The van der Waals surface area contributed by atoms with Crippen LogP contribution in [0.1, 0.15) is 15.9 Å². The Morgan fingerprint density at radius 1 is 1.25 bits per heavy atom. The molecule has 3 rings (SSSR count). The van der Waals surface area contributed by atoms with Crippen molar-refractivity contribution >= 4 is 43.5 Å². The van der Waals surface area contributed by atoms with Gasteiger partial charge in [-0.3, -0.25) is 0 Å². The zero-order valence-corrected chi connectivity index (χ0v) is 17.7. The Morgan fingerprint density at radius 2 is 1.96 bits per heavy atom. The number of sulfonamides is 1. The molecule has 0 atom stereocenters. The Labute approximate surface area is 175 Å². The van der Waals surface area contributed by atoms with Crippen molar-refractivity contribution in [2.45, 2.75) is 11.5 Å². The van der Waals surface area contributed by atoms with Crippen LogP contribution < -0.4 is 0 Å². The molecule has 0 aliphatic carbocycles. The molecule has 1 aliphatic heterocycles. The highest BCUT2D eigenvalue weighted by Crippen LogP contribution is 2.27. The van der Waals surface area contributed by atoms with Crippen molar-refractivity contribution in [3.05, 3.63) is 62.8 Å². The maximum atomic E-state index is 13.8. The number of nitrogens with zero attached hydrogens (tertiary/aromatic N) is 1. The van der Waals surface area contributed by atoms with Crippen LogP contribution in [-0.4, -0.2) is 45.0 Å². The highest BCUT2D eigenvalue weighted by Gasteiger charge is 2.29. The second-order valence-electron chi connectivity index (χ2n) is 5.94. The monoisotopic (exact) mass is 491 g/mol. The van der Waals surface area contributed by atoms with Crippen LogP contribution in [0.4, 0.5) is 4.39 Å². The van der Waals surface area contributed by atoms with Crippen LogP contribution in [0.5, 0.6) is 0 Å². The first-order valence-electron chi connectivity index (χ1n) is 8.28. The number of ether oxygens (including phenoxy) is 2. The summed E-state index contributed by atoms with van der Waals surface area (Å²) in [6.07, 6.45) is 0. The molecule has 0 aromatic heterocycles. The highest BCUT2D eigenvalue weighted by molar-refractivity contribution is 9.10. The quantitative estimate of drug-likeness (QED) is 0.596. The molecule has 0 bridgehead atoms. The molecule has 0 radical (unpaired) electrons. The first kappa shape index (κ1) is 21.2. The van der Waals surface area contributed by atoms with Gasteiger partial charge >= 0.3 is 5.97 Å². The van der Waals surface area contributed by atoms with Gasteiger partial charge in [0, 0.05) is 23.1 Å². The first-order chi connectivity index (χ1) is 13.3.